The Bertz CT molecular complexity index is 431. The maximum Gasteiger partial charge on any atom is 0.260 e. The number of carbonyl (C=O) groups excluding carboxylic acids is 1. The maximum absolute atomic E-state index is 12.0. The smallest absolute Gasteiger partial charge is 0.260 e. The molecule has 1 amide bonds. The normalized spacial score (nSPS) is 15.1. The van der Waals surface area contributed by atoms with Crippen LogP contribution in [-0.4, -0.2) is 18.1 Å². The third-order valence-corrected chi connectivity index (χ3v) is 3.54. The quantitative estimate of drug-likeness (QED) is 0.773. The highest BCUT2D eigenvalue weighted by atomic mass is 16.5. The molecule has 21 heavy (non-hydrogen) atoms. The van der Waals surface area contributed by atoms with Gasteiger partial charge < -0.3 is 15.8 Å². The van der Waals surface area contributed by atoms with Gasteiger partial charge in [0.05, 0.1) is 0 Å². The highest BCUT2D eigenvalue weighted by Crippen LogP contribution is 2.19. The number of benzene rings is 1. The number of nitrogens with two attached hydrogens (primary N) is 1. The van der Waals surface area contributed by atoms with E-state index in [0.29, 0.717) is 5.75 Å². The number of ether oxygens (including phenoxy) is 1. The molecule has 0 saturated heterocycles. The summed E-state index contributed by atoms with van der Waals surface area (Å²) in [6, 6.07) is 7.86. The first-order valence-corrected chi connectivity index (χ1v) is 7.80. The summed E-state index contributed by atoms with van der Waals surface area (Å²) in [5.41, 5.74) is 7.05. The molecule has 0 fully saturated rings. The molecular formula is C17H28N2O2. The van der Waals surface area contributed by atoms with Crippen molar-refractivity contribution in [1.29, 1.82) is 0 Å². The van der Waals surface area contributed by atoms with Crippen molar-refractivity contribution < 1.29 is 9.53 Å². The molecule has 0 aliphatic heterocycles. The largest absolute Gasteiger partial charge is 0.481 e. The van der Waals surface area contributed by atoms with Crippen LogP contribution in [0.3, 0.4) is 0 Å². The molecule has 0 radical (unpaired) electrons. The predicted octanol–water partition coefficient (Wildman–Crippen LogP) is 3.17. The first-order chi connectivity index (χ1) is 9.97. The zero-order chi connectivity index (χ0) is 15.8. The lowest BCUT2D eigenvalue weighted by atomic mass is 10.1. The van der Waals surface area contributed by atoms with Gasteiger partial charge >= 0.3 is 0 Å². The van der Waals surface area contributed by atoms with Crippen LogP contribution in [0.25, 0.3) is 0 Å². The van der Waals surface area contributed by atoms with Crippen LogP contribution >= 0.6 is 0 Å². The molecule has 3 N–H and O–H groups in total. The molecule has 0 heterocycles. The van der Waals surface area contributed by atoms with Crippen LogP contribution in [0.4, 0.5) is 0 Å². The number of hydrogen-bond donors (Lipinski definition) is 2. The maximum atomic E-state index is 12.0. The number of carbonyl (C=O) groups is 1. The number of amides is 1. The second-order valence-corrected chi connectivity index (χ2v) is 5.54. The first-order valence-electron chi connectivity index (χ1n) is 7.80. The number of nitrogens with one attached hydrogen (secondary N) is 1. The minimum atomic E-state index is -0.505. The van der Waals surface area contributed by atoms with Crippen LogP contribution in [-0.2, 0) is 4.79 Å². The molecule has 4 heteroatoms. The van der Waals surface area contributed by atoms with Crippen molar-refractivity contribution in [2.45, 2.75) is 65.1 Å². The van der Waals surface area contributed by atoms with E-state index < -0.39 is 6.10 Å². The highest BCUT2D eigenvalue weighted by Gasteiger charge is 2.16. The Morgan fingerprint density at radius 3 is 2.38 bits per heavy atom. The lowest BCUT2D eigenvalue weighted by molar-refractivity contribution is -0.127. The molecule has 0 aliphatic rings. The Labute approximate surface area is 128 Å². The van der Waals surface area contributed by atoms with Gasteiger partial charge in [0.2, 0.25) is 0 Å². The van der Waals surface area contributed by atoms with Crippen molar-refractivity contribution in [2.24, 2.45) is 5.73 Å². The van der Waals surface area contributed by atoms with Gasteiger partial charge in [0, 0.05) is 12.1 Å². The van der Waals surface area contributed by atoms with Crippen LogP contribution in [0.1, 0.15) is 58.6 Å². The highest BCUT2D eigenvalue weighted by molar-refractivity contribution is 5.80. The third kappa shape index (κ3) is 5.76. The Kier molecular flexibility index (Phi) is 7.23. The second kappa shape index (κ2) is 8.67. The summed E-state index contributed by atoms with van der Waals surface area (Å²) in [5.74, 6) is 0.609. The van der Waals surface area contributed by atoms with Crippen LogP contribution in [0, 0.1) is 0 Å². The molecule has 3 atom stereocenters. The molecule has 118 valence electrons. The SMILES string of the molecule is CCCC(C)NC(=O)C(C)Oc1ccc([C@@H](N)CC)cc1. The minimum absolute atomic E-state index is 0.0506. The fourth-order valence-corrected chi connectivity index (χ4v) is 2.15. The molecular weight excluding hydrogens is 264 g/mol. The fraction of sp³-hybridized carbons (Fsp3) is 0.588. The molecule has 0 aliphatic carbocycles. The van der Waals surface area contributed by atoms with E-state index in [-0.39, 0.29) is 18.0 Å². The number of rotatable bonds is 8. The summed E-state index contributed by atoms with van der Waals surface area (Å²) in [5, 5.41) is 2.96. The molecule has 2 unspecified atom stereocenters. The molecule has 0 bridgehead atoms. The Morgan fingerprint density at radius 1 is 1.24 bits per heavy atom. The fourth-order valence-electron chi connectivity index (χ4n) is 2.15. The van der Waals surface area contributed by atoms with Crippen LogP contribution < -0.4 is 15.8 Å². The third-order valence-electron chi connectivity index (χ3n) is 3.54. The Morgan fingerprint density at radius 2 is 1.86 bits per heavy atom. The van der Waals surface area contributed by atoms with Gasteiger partial charge in [-0.2, -0.15) is 0 Å². The molecule has 1 aromatic rings. The summed E-state index contributed by atoms with van der Waals surface area (Å²) < 4.78 is 5.67. The van der Waals surface area contributed by atoms with Crippen molar-refractivity contribution >= 4 is 5.91 Å². The van der Waals surface area contributed by atoms with E-state index in [1.807, 2.05) is 31.2 Å². The summed E-state index contributed by atoms with van der Waals surface area (Å²) in [7, 11) is 0. The average Bonchev–Trinajstić information content (AvgIpc) is 2.47. The van der Waals surface area contributed by atoms with Gasteiger partial charge in [-0.25, -0.2) is 0 Å². The van der Waals surface area contributed by atoms with Crippen molar-refractivity contribution in [3.05, 3.63) is 29.8 Å². The van der Waals surface area contributed by atoms with Crippen molar-refractivity contribution in [2.75, 3.05) is 0 Å². The van der Waals surface area contributed by atoms with E-state index in [4.69, 9.17) is 10.5 Å². The summed E-state index contributed by atoms with van der Waals surface area (Å²) in [4.78, 5) is 12.0. The lowest BCUT2D eigenvalue weighted by Gasteiger charge is -2.18. The monoisotopic (exact) mass is 292 g/mol. The van der Waals surface area contributed by atoms with Gasteiger partial charge in [-0.05, 0) is 44.4 Å². The summed E-state index contributed by atoms with van der Waals surface area (Å²) in [6.45, 7) is 7.93. The zero-order valence-electron chi connectivity index (χ0n) is 13.6. The van der Waals surface area contributed by atoms with Gasteiger partial charge in [-0.15, -0.1) is 0 Å². The van der Waals surface area contributed by atoms with Crippen LogP contribution in [0.15, 0.2) is 24.3 Å². The van der Waals surface area contributed by atoms with Gasteiger partial charge in [-0.3, -0.25) is 4.79 Å². The molecule has 0 aromatic heterocycles. The summed E-state index contributed by atoms with van der Waals surface area (Å²) >= 11 is 0. The first kappa shape index (κ1) is 17.5. The predicted molar refractivity (Wildman–Crippen MR) is 86.3 cm³/mol. The molecule has 1 aromatic carbocycles. The molecule has 1 rings (SSSR count). The second-order valence-electron chi connectivity index (χ2n) is 5.54. The summed E-state index contributed by atoms with van der Waals surface area (Å²) in [6.07, 6.45) is 2.42. The standard InChI is InChI=1S/C17H28N2O2/c1-5-7-12(3)19-17(20)13(4)21-15-10-8-14(9-11-15)16(18)6-2/h8-13,16H,5-7,18H2,1-4H3,(H,19,20)/t12?,13?,16-/m0/s1. The Balaban J connectivity index is 2.54. The average molecular weight is 292 g/mol. The van der Waals surface area contributed by atoms with Gasteiger partial charge in [0.1, 0.15) is 5.75 Å². The van der Waals surface area contributed by atoms with Gasteiger partial charge in [-0.1, -0.05) is 32.4 Å². The van der Waals surface area contributed by atoms with E-state index in [2.05, 4.69) is 19.2 Å². The van der Waals surface area contributed by atoms with Crippen molar-refractivity contribution in [1.82, 2.24) is 5.32 Å². The molecule has 0 spiro atoms. The zero-order valence-corrected chi connectivity index (χ0v) is 13.6. The van der Waals surface area contributed by atoms with E-state index in [1.165, 1.54) is 0 Å². The Hall–Kier alpha value is -1.55. The topological polar surface area (TPSA) is 64.3 Å². The minimum Gasteiger partial charge on any atom is -0.481 e. The van der Waals surface area contributed by atoms with Gasteiger partial charge in [0.15, 0.2) is 6.10 Å². The number of hydrogen-bond acceptors (Lipinski definition) is 3. The molecule has 0 saturated carbocycles. The van der Waals surface area contributed by atoms with Gasteiger partial charge in [0.25, 0.3) is 5.91 Å². The van der Waals surface area contributed by atoms with Crippen LogP contribution in [0.2, 0.25) is 0 Å². The van der Waals surface area contributed by atoms with Crippen molar-refractivity contribution in [3.63, 3.8) is 0 Å². The molecule has 4 nitrogen and oxygen atoms in total. The van der Waals surface area contributed by atoms with Crippen molar-refractivity contribution in [3.8, 4) is 5.75 Å². The van der Waals surface area contributed by atoms with E-state index in [0.717, 1.165) is 24.8 Å². The van der Waals surface area contributed by atoms with Crippen LogP contribution in [0.5, 0.6) is 5.75 Å². The van der Waals surface area contributed by atoms with E-state index >= 15 is 0 Å². The van der Waals surface area contributed by atoms with E-state index in [9.17, 15) is 4.79 Å². The lowest BCUT2D eigenvalue weighted by Crippen LogP contribution is -2.41. The van der Waals surface area contributed by atoms with E-state index in [1.54, 1.807) is 6.92 Å².